The van der Waals surface area contributed by atoms with Crippen LogP contribution in [0.1, 0.15) is 36.5 Å². The number of hydrogen-bond acceptors (Lipinski definition) is 2. The van der Waals surface area contributed by atoms with Crippen LogP contribution in [0.2, 0.25) is 0 Å². The summed E-state index contributed by atoms with van der Waals surface area (Å²) in [6, 6.07) is 6.62. The molecule has 1 aliphatic rings. The number of rotatable bonds is 3. The van der Waals surface area contributed by atoms with Crippen molar-refractivity contribution in [3.8, 4) is 0 Å². The summed E-state index contributed by atoms with van der Waals surface area (Å²) in [6.45, 7) is 6.12. The molecule has 2 rings (SSSR count). The Balaban J connectivity index is 2.17. The van der Waals surface area contributed by atoms with Gasteiger partial charge in [-0.1, -0.05) is 32.0 Å². The van der Waals surface area contributed by atoms with Crippen LogP contribution in [-0.2, 0) is 17.8 Å². The summed E-state index contributed by atoms with van der Waals surface area (Å²) in [6.07, 6.45) is 0.959. The first-order chi connectivity index (χ1) is 8.06. The number of carboxylic acid groups (broad SMARTS) is 1. The average Bonchev–Trinajstić information content (AvgIpc) is 2.27. The van der Waals surface area contributed by atoms with Gasteiger partial charge in [-0.15, -0.1) is 0 Å². The van der Waals surface area contributed by atoms with Crippen molar-refractivity contribution in [2.45, 2.75) is 32.7 Å². The van der Waals surface area contributed by atoms with Gasteiger partial charge in [-0.25, -0.2) is 0 Å². The molecule has 92 valence electrons. The molecular weight excluding hydrogens is 214 g/mol. The van der Waals surface area contributed by atoms with Crippen molar-refractivity contribution in [2.24, 2.45) is 0 Å². The van der Waals surface area contributed by atoms with Gasteiger partial charge in [0.1, 0.15) is 0 Å². The van der Waals surface area contributed by atoms with E-state index in [1.54, 1.807) is 0 Å². The molecule has 0 aliphatic carbocycles. The van der Waals surface area contributed by atoms with Crippen molar-refractivity contribution in [3.63, 3.8) is 0 Å². The van der Waals surface area contributed by atoms with Gasteiger partial charge in [-0.2, -0.15) is 0 Å². The van der Waals surface area contributed by atoms with Crippen LogP contribution in [-0.4, -0.2) is 29.1 Å². The van der Waals surface area contributed by atoms with Crippen LogP contribution < -0.4 is 0 Å². The molecule has 0 amide bonds. The largest absolute Gasteiger partial charge is 0.480 e. The number of hydrogen-bond donors (Lipinski definition) is 1. The summed E-state index contributed by atoms with van der Waals surface area (Å²) in [4.78, 5) is 12.7. The lowest BCUT2D eigenvalue weighted by Gasteiger charge is -2.28. The highest BCUT2D eigenvalue weighted by atomic mass is 16.4. The van der Waals surface area contributed by atoms with Gasteiger partial charge < -0.3 is 5.11 Å². The van der Waals surface area contributed by atoms with Crippen LogP contribution in [0, 0.1) is 0 Å². The molecule has 1 aromatic rings. The maximum absolute atomic E-state index is 10.7. The summed E-state index contributed by atoms with van der Waals surface area (Å²) in [5, 5.41) is 8.81. The van der Waals surface area contributed by atoms with E-state index >= 15 is 0 Å². The standard InChI is InChI=1S/C14H19NO2/c1-10(2)12-4-3-11-5-6-15(9-14(16)17)8-13(11)7-12/h3-4,7,10H,5-6,8-9H2,1-2H3,(H,16,17). The molecule has 0 radical (unpaired) electrons. The molecule has 0 aromatic heterocycles. The minimum Gasteiger partial charge on any atom is -0.480 e. The molecule has 0 saturated heterocycles. The monoisotopic (exact) mass is 233 g/mol. The summed E-state index contributed by atoms with van der Waals surface area (Å²) >= 11 is 0. The lowest BCUT2D eigenvalue weighted by Crippen LogP contribution is -2.34. The van der Waals surface area contributed by atoms with E-state index in [4.69, 9.17) is 5.11 Å². The quantitative estimate of drug-likeness (QED) is 0.870. The summed E-state index contributed by atoms with van der Waals surface area (Å²) in [5.74, 6) is -0.219. The van der Waals surface area contributed by atoms with Crippen LogP contribution in [0.4, 0.5) is 0 Å². The zero-order valence-corrected chi connectivity index (χ0v) is 10.4. The Labute approximate surface area is 102 Å². The zero-order chi connectivity index (χ0) is 12.4. The van der Waals surface area contributed by atoms with Gasteiger partial charge in [0.15, 0.2) is 0 Å². The Morgan fingerprint density at radius 1 is 1.41 bits per heavy atom. The third-order valence-electron chi connectivity index (χ3n) is 3.35. The first-order valence-electron chi connectivity index (χ1n) is 6.12. The van der Waals surface area contributed by atoms with E-state index in [-0.39, 0.29) is 6.54 Å². The molecule has 0 bridgehead atoms. The van der Waals surface area contributed by atoms with E-state index in [1.807, 2.05) is 4.90 Å². The number of nitrogens with zero attached hydrogens (tertiary/aromatic N) is 1. The molecule has 0 fully saturated rings. The predicted octanol–water partition coefficient (Wildman–Crippen LogP) is 2.25. The fourth-order valence-corrected chi connectivity index (χ4v) is 2.32. The Hall–Kier alpha value is -1.35. The third-order valence-corrected chi connectivity index (χ3v) is 3.35. The summed E-state index contributed by atoms with van der Waals surface area (Å²) in [5.41, 5.74) is 4.00. The second kappa shape index (κ2) is 4.88. The van der Waals surface area contributed by atoms with Crippen molar-refractivity contribution >= 4 is 5.97 Å². The van der Waals surface area contributed by atoms with Crippen LogP contribution >= 0.6 is 0 Å². The van der Waals surface area contributed by atoms with Crippen molar-refractivity contribution < 1.29 is 9.90 Å². The second-order valence-electron chi connectivity index (χ2n) is 5.04. The fourth-order valence-electron chi connectivity index (χ4n) is 2.32. The Bertz CT molecular complexity index is 426. The first kappa shape index (κ1) is 12.1. The minimum atomic E-state index is -0.742. The number of benzene rings is 1. The van der Waals surface area contributed by atoms with E-state index in [0.29, 0.717) is 5.92 Å². The smallest absolute Gasteiger partial charge is 0.317 e. The van der Waals surface area contributed by atoms with E-state index in [9.17, 15) is 4.79 Å². The van der Waals surface area contributed by atoms with Gasteiger partial charge in [-0.05, 0) is 29.0 Å². The molecule has 0 spiro atoms. The molecule has 1 heterocycles. The topological polar surface area (TPSA) is 40.5 Å². The van der Waals surface area contributed by atoms with E-state index in [0.717, 1.165) is 19.5 Å². The van der Waals surface area contributed by atoms with Crippen LogP contribution in [0.3, 0.4) is 0 Å². The number of fused-ring (bicyclic) bond motifs is 1. The van der Waals surface area contributed by atoms with E-state index in [1.165, 1.54) is 16.7 Å². The van der Waals surface area contributed by atoms with Crippen molar-refractivity contribution in [1.82, 2.24) is 4.90 Å². The highest BCUT2D eigenvalue weighted by molar-refractivity contribution is 5.69. The average molecular weight is 233 g/mol. The van der Waals surface area contributed by atoms with Crippen molar-refractivity contribution in [1.29, 1.82) is 0 Å². The number of carbonyl (C=O) groups is 1. The molecule has 1 aromatic carbocycles. The van der Waals surface area contributed by atoms with Crippen molar-refractivity contribution in [3.05, 3.63) is 34.9 Å². The zero-order valence-electron chi connectivity index (χ0n) is 10.4. The van der Waals surface area contributed by atoms with Crippen LogP contribution in [0.15, 0.2) is 18.2 Å². The lowest BCUT2D eigenvalue weighted by atomic mass is 9.93. The molecule has 0 unspecified atom stereocenters. The highest BCUT2D eigenvalue weighted by Crippen LogP contribution is 2.23. The number of aliphatic carboxylic acids is 1. The summed E-state index contributed by atoms with van der Waals surface area (Å²) in [7, 11) is 0. The maximum atomic E-state index is 10.7. The van der Waals surface area contributed by atoms with Gasteiger partial charge in [0.25, 0.3) is 0 Å². The molecule has 3 nitrogen and oxygen atoms in total. The predicted molar refractivity (Wildman–Crippen MR) is 67.1 cm³/mol. The highest BCUT2D eigenvalue weighted by Gasteiger charge is 2.18. The van der Waals surface area contributed by atoms with E-state index in [2.05, 4.69) is 32.0 Å². The van der Waals surface area contributed by atoms with Gasteiger partial charge in [0, 0.05) is 13.1 Å². The number of carboxylic acids is 1. The molecule has 17 heavy (non-hydrogen) atoms. The third kappa shape index (κ3) is 2.86. The van der Waals surface area contributed by atoms with Crippen LogP contribution in [0.5, 0.6) is 0 Å². The molecular formula is C14H19NO2. The Morgan fingerprint density at radius 2 is 2.18 bits per heavy atom. The molecule has 0 saturated carbocycles. The Morgan fingerprint density at radius 3 is 2.82 bits per heavy atom. The van der Waals surface area contributed by atoms with Crippen LogP contribution in [0.25, 0.3) is 0 Å². The van der Waals surface area contributed by atoms with Gasteiger partial charge in [-0.3, -0.25) is 9.69 Å². The molecule has 1 aliphatic heterocycles. The first-order valence-corrected chi connectivity index (χ1v) is 6.12. The molecule has 1 N–H and O–H groups in total. The fraction of sp³-hybridized carbons (Fsp3) is 0.500. The SMILES string of the molecule is CC(C)c1ccc2c(c1)CN(CC(=O)O)CC2. The molecule has 0 atom stereocenters. The van der Waals surface area contributed by atoms with Gasteiger partial charge >= 0.3 is 5.97 Å². The van der Waals surface area contributed by atoms with E-state index < -0.39 is 5.97 Å². The maximum Gasteiger partial charge on any atom is 0.317 e. The summed E-state index contributed by atoms with van der Waals surface area (Å²) < 4.78 is 0. The molecule has 3 heteroatoms. The lowest BCUT2D eigenvalue weighted by molar-refractivity contribution is -0.138. The van der Waals surface area contributed by atoms with Gasteiger partial charge in [0.2, 0.25) is 0 Å². The normalized spacial score (nSPS) is 15.9. The Kier molecular flexibility index (Phi) is 3.48. The van der Waals surface area contributed by atoms with Crippen molar-refractivity contribution in [2.75, 3.05) is 13.1 Å². The minimum absolute atomic E-state index is 0.144. The van der Waals surface area contributed by atoms with Gasteiger partial charge in [0.05, 0.1) is 6.54 Å². The second-order valence-corrected chi connectivity index (χ2v) is 5.04.